The molecule has 0 aromatic heterocycles. The van der Waals surface area contributed by atoms with Crippen molar-refractivity contribution >= 4 is 35.0 Å². The highest BCUT2D eigenvalue weighted by atomic mass is 32.1. The molecule has 0 unspecified atom stereocenters. The zero-order valence-electron chi connectivity index (χ0n) is 12.9. The zero-order valence-corrected chi connectivity index (χ0v) is 13.7. The first kappa shape index (κ1) is 16.8. The first-order valence-electron chi connectivity index (χ1n) is 7.06. The molecule has 0 saturated carbocycles. The number of anilines is 1. The van der Waals surface area contributed by atoms with E-state index in [4.69, 9.17) is 12.2 Å². The quantitative estimate of drug-likeness (QED) is 0.662. The Morgan fingerprint density at radius 2 is 1.70 bits per heavy atom. The largest absolute Gasteiger partial charge is 0.332 e. The standard InChI is InChI=1S/C18H17FN2OS/c1-12-9-13(2)11-16(10-12)20-18(23)21-17(22)8-5-14-3-6-15(19)7-4-14/h3-11H,1-2H3,(H2,20,21,22,23)/b8-5+. The summed E-state index contributed by atoms with van der Waals surface area (Å²) in [7, 11) is 0. The number of nitrogens with one attached hydrogen (secondary N) is 2. The third-order valence-corrected chi connectivity index (χ3v) is 3.22. The van der Waals surface area contributed by atoms with Gasteiger partial charge in [-0.25, -0.2) is 4.39 Å². The molecule has 0 atom stereocenters. The van der Waals surface area contributed by atoms with Gasteiger partial charge in [-0.05, 0) is 73.1 Å². The van der Waals surface area contributed by atoms with E-state index in [0.29, 0.717) is 0 Å². The van der Waals surface area contributed by atoms with Crippen LogP contribution < -0.4 is 10.6 Å². The molecular weight excluding hydrogens is 311 g/mol. The Hall–Kier alpha value is -2.53. The van der Waals surface area contributed by atoms with Crippen molar-refractivity contribution in [3.63, 3.8) is 0 Å². The Morgan fingerprint density at radius 1 is 1.09 bits per heavy atom. The average molecular weight is 328 g/mol. The van der Waals surface area contributed by atoms with E-state index in [1.165, 1.54) is 18.2 Å². The number of carbonyl (C=O) groups is 1. The van der Waals surface area contributed by atoms with E-state index < -0.39 is 0 Å². The SMILES string of the molecule is Cc1cc(C)cc(NC(=S)NC(=O)/C=C/c2ccc(F)cc2)c1. The molecule has 0 bridgehead atoms. The molecule has 5 heteroatoms. The van der Waals surface area contributed by atoms with E-state index in [0.717, 1.165) is 22.4 Å². The van der Waals surface area contributed by atoms with Crippen molar-refractivity contribution in [1.29, 1.82) is 0 Å². The topological polar surface area (TPSA) is 41.1 Å². The maximum Gasteiger partial charge on any atom is 0.250 e. The van der Waals surface area contributed by atoms with E-state index in [2.05, 4.69) is 16.7 Å². The molecule has 118 valence electrons. The highest BCUT2D eigenvalue weighted by Crippen LogP contribution is 2.13. The monoisotopic (exact) mass is 328 g/mol. The maximum absolute atomic E-state index is 12.8. The lowest BCUT2D eigenvalue weighted by molar-refractivity contribution is -0.115. The number of hydrogen-bond acceptors (Lipinski definition) is 2. The van der Waals surface area contributed by atoms with E-state index in [-0.39, 0.29) is 16.8 Å². The summed E-state index contributed by atoms with van der Waals surface area (Å²) in [5, 5.41) is 5.77. The number of benzene rings is 2. The minimum atomic E-state index is -0.351. The Morgan fingerprint density at radius 3 is 2.30 bits per heavy atom. The Kier molecular flexibility index (Phi) is 5.60. The third kappa shape index (κ3) is 5.64. The second-order valence-corrected chi connectivity index (χ2v) is 5.61. The van der Waals surface area contributed by atoms with Crippen LogP contribution in [-0.4, -0.2) is 11.0 Å². The fourth-order valence-electron chi connectivity index (χ4n) is 2.11. The number of aryl methyl sites for hydroxylation is 2. The van der Waals surface area contributed by atoms with Crippen LogP contribution in [0.3, 0.4) is 0 Å². The number of carbonyl (C=O) groups excluding carboxylic acids is 1. The summed E-state index contributed by atoms with van der Waals surface area (Å²) in [6.45, 7) is 3.98. The van der Waals surface area contributed by atoms with Crippen LogP contribution in [0.15, 0.2) is 48.5 Å². The predicted octanol–water partition coefficient (Wildman–Crippen LogP) is 3.97. The fourth-order valence-corrected chi connectivity index (χ4v) is 2.33. The number of rotatable bonds is 3. The molecule has 0 spiro atoms. The van der Waals surface area contributed by atoms with Gasteiger partial charge in [0.2, 0.25) is 5.91 Å². The fraction of sp³-hybridized carbons (Fsp3) is 0.111. The van der Waals surface area contributed by atoms with Crippen LogP contribution in [0.1, 0.15) is 16.7 Å². The van der Waals surface area contributed by atoms with Crippen molar-refractivity contribution in [2.45, 2.75) is 13.8 Å². The Bertz CT molecular complexity index is 734. The maximum atomic E-state index is 12.8. The van der Waals surface area contributed by atoms with Gasteiger partial charge in [0.1, 0.15) is 5.82 Å². The van der Waals surface area contributed by atoms with Crippen molar-refractivity contribution in [2.24, 2.45) is 0 Å². The van der Waals surface area contributed by atoms with Gasteiger partial charge in [-0.15, -0.1) is 0 Å². The predicted molar refractivity (Wildman–Crippen MR) is 95.7 cm³/mol. The average Bonchev–Trinajstić information content (AvgIpc) is 2.45. The van der Waals surface area contributed by atoms with Gasteiger partial charge in [0, 0.05) is 11.8 Å². The van der Waals surface area contributed by atoms with Crippen LogP contribution in [0.25, 0.3) is 6.08 Å². The van der Waals surface area contributed by atoms with Crippen molar-refractivity contribution in [2.75, 3.05) is 5.32 Å². The van der Waals surface area contributed by atoms with Crippen molar-refractivity contribution in [3.8, 4) is 0 Å². The molecule has 23 heavy (non-hydrogen) atoms. The van der Waals surface area contributed by atoms with Crippen LogP contribution in [0.5, 0.6) is 0 Å². The van der Waals surface area contributed by atoms with Crippen LogP contribution in [0.4, 0.5) is 10.1 Å². The molecule has 2 N–H and O–H groups in total. The molecular formula is C18H17FN2OS. The van der Waals surface area contributed by atoms with Crippen LogP contribution >= 0.6 is 12.2 Å². The molecule has 0 radical (unpaired) electrons. The van der Waals surface area contributed by atoms with Gasteiger partial charge in [-0.3, -0.25) is 10.1 Å². The minimum Gasteiger partial charge on any atom is -0.332 e. The molecule has 3 nitrogen and oxygen atoms in total. The second kappa shape index (κ2) is 7.65. The Balaban J connectivity index is 1.91. The van der Waals surface area contributed by atoms with E-state index in [1.54, 1.807) is 18.2 Å². The lowest BCUT2D eigenvalue weighted by Crippen LogP contribution is -2.32. The minimum absolute atomic E-state index is 0.226. The van der Waals surface area contributed by atoms with Gasteiger partial charge in [0.05, 0.1) is 0 Å². The number of hydrogen-bond donors (Lipinski definition) is 2. The van der Waals surface area contributed by atoms with Crippen LogP contribution in [0, 0.1) is 19.7 Å². The molecule has 0 aliphatic heterocycles. The van der Waals surface area contributed by atoms with Crippen LogP contribution in [0.2, 0.25) is 0 Å². The molecule has 0 heterocycles. The normalized spacial score (nSPS) is 10.6. The Labute approximate surface area is 140 Å². The van der Waals surface area contributed by atoms with Gasteiger partial charge in [-0.2, -0.15) is 0 Å². The van der Waals surface area contributed by atoms with Crippen molar-refractivity contribution in [1.82, 2.24) is 5.32 Å². The van der Waals surface area contributed by atoms with Gasteiger partial charge in [0.15, 0.2) is 5.11 Å². The smallest absolute Gasteiger partial charge is 0.250 e. The molecule has 2 aromatic carbocycles. The van der Waals surface area contributed by atoms with Gasteiger partial charge in [-0.1, -0.05) is 18.2 Å². The number of halogens is 1. The molecule has 0 aliphatic rings. The highest BCUT2D eigenvalue weighted by molar-refractivity contribution is 7.80. The van der Waals surface area contributed by atoms with Crippen molar-refractivity contribution < 1.29 is 9.18 Å². The first-order chi connectivity index (χ1) is 10.9. The second-order valence-electron chi connectivity index (χ2n) is 5.20. The lowest BCUT2D eigenvalue weighted by Gasteiger charge is -2.09. The summed E-state index contributed by atoms with van der Waals surface area (Å²) >= 11 is 5.12. The van der Waals surface area contributed by atoms with E-state index in [1.807, 2.05) is 26.0 Å². The summed E-state index contributed by atoms with van der Waals surface area (Å²) in [4.78, 5) is 11.8. The van der Waals surface area contributed by atoms with Crippen molar-refractivity contribution in [3.05, 3.63) is 71.0 Å². The van der Waals surface area contributed by atoms with Gasteiger partial charge < -0.3 is 5.32 Å². The summed E-state index contributed by atoms with van der Waals surface area (Å²) < 4.78 is 12.8. The highest BCUT2D eigenvalue weighted by Gasteiger charge is 2.02. The van der Waals surface area contributed by atoms with E-state index >= 15 is 0 Å². The zero-order chi connectivity index (χ0) is 16.8. The molecule has 2 rings (SSSR count). The summed E-state index contributed by atoms with van der Waals surface area (Å²) in [6, 6.07) is 11.8. The van der Waals surface area contributed by atoms with Gasteiger partial charge >= 0.3 is 0 Å². The molecule has 0 fully saturated rings. The van der Waals surface area contributed by atoms with Crippen LogP contribution in [-0.2, 0) is 4.79 Å². The summed E-state index contributed by atoms with van der Waals surface area (Å²) in [5.74, 6) is -0.665. The molecule has 1 amide bonds. The summed E-state index contributed by atoms with van der Waals surface area (Å²) in [5.41, 5.74) is 3.78. The molecule has 2 aromatic rings. The molecule has 0 aliphatic carbocycles. The first-order valence-corrected chi connectivity index (χ1v) is 7.47. The third-order valence-electron chi connectivity index (χ3n) is 3.01. The summed E-state index contributed by atoms with van der Waals surface area (Å²) in [6.07, 6.45) is 2.94. The molecule has 0 saturated heterocycles. The van der Waals surface area contributed by atoms with E-state index in [9.17, 15) is 9.18 Å². The number of amides is 1. The number of thiocarbonyl (C=S) groups is 1. The van der Waals surface area contributed by atoms with Gasteiger partial charge in [0.25, 0.3) is 0 Å². The lowest BCUT2D eigenvalue weighted by atomic mass is 10.1.